The van der Waals surface area contributed by atoms with Crippen molar-refractivity contribution in [3.8, 4) is 11.1 Å². The van der Waals surface area contributed by atoms with Crippen LogP contribution < -0.4 is 0 Å². The number of aryl methyl sites for hydroxylation is 1. The van der Waals surface area contributed by atoms with Gasteiger partial charge in [-0.2, -0.15) is 4.31 Å². The smallest absolute Gasteiger partial charge is 0.248 e. The number of carbonyl (C=O) groups is 1. The summed E-state index contributed by atoms with van der Waals surface area (Å²) in [6.45, 7) is 2.70. The third kappa shape index (κ3) is 3.68. The summed E-state index contributed by atoms with van der Waals surface area (Å²) in [6.07, 6.45) is 0.542. The van der Waals surface area contributed by atoms with Crippen LogP contribution in [-0.4, -0.2) is 62.4 Å². The molecule has 2 aromatic carbocycles. The predicted molar refractivity (Wildman–Crippen MR) is 106 cm³/mol. The van der Waals surface area contributed by atoms with Gasteiger partial charge in [-0.25, -0.2) is 12.8 Å². The Morgan fingerprint density at radius 1 is 1.14 bits per heavy atom. The van der Waals surface area contributed by atoms with Crippen LogP contribution in [0.1, 0.15) is 12.0 Å². The Morgan fingerprint density at radius 3 is 2.66 bits per heavy atom. The number of halogens is 1. The van der Waals surface area contributed by atoms with E-state index in [-0.39, 0.29) is 29.8 Å². The summed E-state index contributed by atoms with van der Waals surface area (Å²) in [4.78, 5) is 13.5. The molecule has 4 rings (SSSR count). The minimum Gasteiger partial charge on any atom is -0.362 e. The standard InChI is InChI=1S/C21H23FN2O4S/c1-15-10-17(22)6-7-19(15)16-4-3-5-18(11-16)29(26,27)24-9-8-21(14-24)13-23(2)20(25)12-28-21/h3-7,10-11H,8-9,12-14H2,1-2H3. The van der Waals surface area contributed by atoms with Gasteiger partial charge < -0.3 is 9.64 Å². The molecule has 2 fully saturated rings. The lowest BCUT2D eigenvalue weighted by atomic mass is 10.0. The Labute approximate surface area is 169 Å². The number of benzene rings is 2. The number of hydrogen-bond donors (Lipinski definition) is 0. The first-order chi connectivity index (χ1) is 13.7. The third-order valence-corrected chi connectivity index (χ3v) is 7.55. The molecule has 1 amide bonds. The van der Waals surface area contributed by atoms with E-state index < -0.39 is 15.6 Å². The summed E-state index contributed by atoms with van der Waals surface area (Å²) in [5.41, 5.74) is 1.60. The topological polar surface area (TPSA) is 66.9 Å². The Kier molecular flexibility index (Phi) is 4.96. The van der Waals surface area contributed by atoms with Gasteiger partial charge in [-0.1, -0.05) is 18.2 Å². The van der Waals surface area contributed by atoms with Gasteiger partial charge in [0.05, 0.1) is 11.4 Å². The molecular weight excluding hydrogens is 395 g/mol. The second-order valence-electron chi connectivity index (χ2n) is 7.80. The zero-order valence-electron chi connectivity index (χ0n) is 16.4. The fourth-order valence-corrected chi connectivity index (χ4v) is 5.64. The maximum Gasteiger partial charge on any atom is 0.248 e. The zero-order valence-corrected chi connectivity index (χ0v) is 17.2. The number of rotatable bonds is 3. The molecule has 2 aromatic rings. The van der Waals surface area contributed by atoms with E-state index in [2.05, 4.69) is 0 Å². The molecule has 154 valence electrons. The van der Waals surface area contributed by atoms with Crippen LogP contribution >= 0.6 is 0 Å². The Hall–Kier alpha value is -2.29. The molecule has 2 aliphatic heterocycles. The van der Waals surface area contributed by atoms with Crippen LogP contribution in [0.2, 0.25) is 0 Å². The van der Waals surface area contributed by atoms with Crippen LogP contribution in [0.3, 0.4) is 0 Å². The minimum atomic E-state index is -3.72. The highest BCUT2D eigenvalue weighted by Crippen LogP contribution is 2.34. The largest absolute Gasteiger partial charge is 0.362 e. The molecule has 0 saturated carbocycles. The highest BCUT2D eigenvalue weighted by molar-refractivity contribution is 7.89. The monoisotopic (exact) mass is 418 g/mol. The number of carbonyl (C=O) groups excluding carboxylic acids is 1. The van der Waals surface area contributed by atoms with Crippen molar-refractivity contribution in [2.75, 3.05) is 33.3 Å². The first kappa shape index (κ1) is 20.0. The Morgan fingerprint density at radius 2 is 1.93 bits per heavy atom. The predicted octanol–water partition coefficient (Wildman–Crippen LogP) is 2.42. The molecular formula is C21H23FN2O4S. The van der Waals surface area contributed by atoms with Gasteiger partial charge in [0.2, 0.25) is 15.9 Å². The summed E-state index contributed by atoms with van der Waals surface area (Å²) < 4.78 is 47.1. The van der Waals surface area contributed by atoms with Gasteiger partial charge in [0.25, 0.3) is 0 Å². The maximum absolute atomic E-state index is 13.4. The lowest BCUT2D eigenvalue weighted by Gasteiger charge is -2.38. The van der Waals surface area contributed by atoms with Crippen molar-refractivity contribution in [1.29, 1.82) is 0 Å². The van der Waals surface area contributed by atoms with Gasteiger partial charge in [0.15, 0.2) is 0 Å². The summed E-state index contributed by atoms with van der Waals surface area (Å²) in [7, 11) is -2.01. The highest BCUT2D eigenvalue weighted by atomic mass is 32.2. The second kappa shape index (κ2) is 7.19. The second-order valence-corrected chi connectivity index (χ2v) is 9.74. The fraction of sp³-hybridized carbons (Fsp3) is 0.381. The van der Waals surface area contributed by atoms with Crippen LogP contribution in [0, 0.1) is 12.7 Å². The van der Waals surface area contributed by atoms with E-state index in [1.54, 1.807) is 43.1 Å². The fourth-order valence-electron chi connectivity index (χ4n) is 4.08. The Bertz CT molecular complexity index is 1070. The van der Waals surface area contributed by atoms with Crippen LogP contribution in [0.25, 0.3) is 11.1 Å². The van der Waals surface area contributed by atoms with Crippen LogP contribution in [-0.2, 0) is 19.6 Å². The van der Waals surface area contributed by atoms with Gasteiger partial charge >= 0.3 is 0 Å². The van der Waals surface area contributed by atoms with Gasteiger partial charge in [0, 0.05) is 20.1 Å². The molecule has 0 bridgehead atoms. The molecule has 29 heavy (non-hydrogen) atoms. The van der Waals surface area contributed by atoms with Crippen molar-refractivity contribution in [2.24, 2.45) is 0 Å². The van der Waals surface area contributed by atoms with Crippen molar-refractivity contribution >= 4 is 15.9 Å². The molecule has 2 heterocycles. The van der Waals surface area contributed by atoms with Crippen molar-refractivity contribution in [3.05, 3.63) is 53.8 Å². The SMILES string of the molecule is Cc1cc(F)ccc1-c1cccc(S(=O)(=O)N2CCC3(CN(C)C(=O)CO3)C2)c1. The van der Waals surface area contributed by atoms with Gasteiger partial charge in [-0.15, -0.1) is 0 Å². The lowest BCUT2D eigenvalue weighted by Crippen LogP contribution is -2.54. The van der Waals surface area contributed by atoms with Crippen molar-refractivity contribution < 1.29 is 22.3 Å². The normalized spacial score (nSPS) is 23.1. The van der Waals surface area contributed by atoms with Crippen LogP contribution in [0.4, 0.5) is 4.39 Å². The van der Waals surface area contributed by atoms with E-state index in [0.29, 0.717) is 19.5 Å². The number of nitrogens with zero attached hydrogens (tertiary/aromatic N) is 2. The van der Waals surface area contributed by atoms with E-state index in [1.807, 2.05) is 6.07 Å². The van der Waals surface area contributed by atoms with E-state index in [0.717, 1.165) is 16.7 Å². The summed E-state index contributed by atoms with van der Waals surface area (Å²) in [6, 6.07) is 11.2. The number of ether oxygens (including phenoxy) is 1. The molecule has 0 N–H and O–H groups in total. The lowest BCUT2D eigenvalue weighted by molar-refractivity contribution is -0.158. The molecule has 2 aliphatic rings. The molecule has 0 aromatic heterocycles. The number of likely N-dealkylation sites (N-methyl/N-ethyl adjacent to an activating group) is 1. The van der Waals surface area contributed by atoms with E-state index in [9.17, 15) is 17.6 Å². The molecule has 2 saturated heterocycles. The van der Waals surface area contributed by atoms with Crippen molar-refractivity contribution in [1.82, 2.24) is 9.21 Å². The maximum atomic E-state index is 13.4. The van der Waals surface area contributed by atoms with Crippen molar-refractivity contribution in [3.63, 3.8) is 0 Å². The molecule has 1 spiro atoms. The summed E-state index contributed by atoms with van der Waals surface area (Å²) in [5.74, 6) is -0.423. The van der Waals surface area contributed by atoms with E-state index in [1.165, 1.54) is 16.4 Å². The average molecular weight is 418 g/mol. The number of amides is 1. The first-order valence-corrected chi connectivity index (χ1v) is 10.9. The van der Waals surface area contributed by atoms with E-state index >= 15 is 0 Å². The van der Waals surface area contributed by atoms with E-state index in [4.69, 9.17) is 4.74 Å². The van der Waals surface area contributed by atoms with Gasteiger partial charge in [0.1, 0.15) is 18.0 Å². The molecule has 6 nitrogen and oxygen atoms in total. The van der Waals surface area contributed by atoms with Gasteiger partial charge in [-0.3, -0.25) is 4.79 Å². The average Bonchev–Trinajstić information content (AvgIpc) is 3.10. The van der Waals surface area contributed by atoms with Crippen molar-refractivity contribution in [2.45, 2.75) is 23.8 Å². The minimum absolute atomic E-state index is 0.0241. The Balaban J connectivity index is 1.61. The number of morpholine rings is 1. The van der Waals surface area contributed by atoms with Crippen LogP contribution in [0.5, 0.6) is 0 Å². The summed E-state index contributed by atoms with van der Waals surface area (Å²) in [5, 5.41) is 0. The van der Waals surface area contributed by atoms with Gasteiger partial charge in [-0.05, 0) is 54.3 Å². The summed E-state index contributed by atoms with van der Waals surface area (Å²) >= 11 is 0. The molecule has 0 radical (unpaired) electrons. The molecule has 0 aliphatic carbocycles. The van der Waals surface area contributed by atoms with Crippen LogP contribution in [0.15, 0.2) is 47.4 Å². The zero-order chi connectivity index (χ0) is 20.8. The molecule has 1 unspecified atom stereocenters. The highest BCUT2D eigenvalue weighted by Gasteiger charge is 2.47. The molecule has 8 heteroatoms. The first-order valence-electron chi connectivity index (χ1n) is 9.45. The third-order valence-electron chi connectivity index (χ3n) is 5.71. The number of hydrogen-bond acceptors (Lipinski definition) is 4. The number of sulfonamides is 1. The molecule has 1 atom stereocenters. The quantitative estimate of drug-likeness (QED) is 0.768.